The van der Waals surface area contributed by atoms with E-state index in [0.717, 1.165) is 0 Å². The zero-order valence-electron chi connectivity index (χ0n) is 16.7. The largest absolute Gasteiger partial charge is 0.382 e. The van der Waals surface area contributed by atoms with Crippen LogP contribution in [0.25, 0.3) is 16.6 Å². The lowest BCUT2D eigenvalue weighted by atomic mass is 10.2. The number of anilines is 3. The quantitative estimate of drug-likeness (QED) is 0.429. The van der Waals surface area contributed by atoms with Gasteiger partial charge in [0.2, 0.25) is 5.95 Å². The predicted molar refractivity (Wildman–Crippen MR) is 120 cm³/mol. The summed E-state index contributed by atoms with van der Waals surface area (Å²) in [4.78, 5) is 25.9. The van der Waals surface area contributed by atoms with Crippen LogP contribution in [0.5, 0.6) is 0 Å². The first-order valence-corrected chi connectivity index (χ1v) is 9.74. The van der Waals surface area contributed by atoms with E-state index in [0.29, 0.717) is 11.2 Å². The van der Waals surface area contributed by atoms with Crippen molar-refractivity contribution in [1.29, 1.82) is 5.26 Å². The summed E-state index contributed by atoms with van der Waals surface area (Å²) in [6, 6.07) is 11.6. The van der Waals surface area contributed by atoms with Crippen molar-refractivity contribution in [3.05, 3.63) is 75.0 Å². The minimum absolute atomic E-state index is 0.00515. The normalized spacial score (nSPS) is 11.8. The van der Waals surface area contributed by atoms with Gasteiger partial charge in [-0.25, -0.2) is 9.37 Å². The third-order valence-corrected chi connectivity index (χ3v) is 5.08. The maximum atomic E-state index is 13.5. The third kappa shape index (κ3) is 3.66. The van der Waals surface area contributed by atoms with Crippen molar-refractivity contribution < 1.29 is 4.39 Å². The molecule has 2 aromatic carbocycles. The summed E-state index contributed by atoms with van der Waals surface area (Å²) in [6.45, 7) is 1.72. The van der Waals surface area contributed by atoms with Gasteiger partial charge in [0.1, 0.15) is 29.1 Å². The van der Waals surface area contributed by atoms with Crippen LogP contribution in [0.15, 0.2) is 47.3 Å². The van der Waals surface area contributed by atoms with E-state index in [-0.39, 0.29) is 39.4 Å². The van der Waals surface area contributed by atoms with Crippen LogP contribution in [0, 0.1) is 17.1 Å². The van der Waals surface area contributed by atoms with Gasteiger partial charge in [-0.15, -0.1) is 0 Å². The number of nitrogens with one attached hydrogen (secondary N) is 1. The van der Waals surface area contributed by atoms with Crippen molar-refractivity contribution in [3.8, 4) is 11.8 Å². The number of nitrogen functional groups attached to an aromatic ring is 2. The van der Waals surface area contributed by atoms with Crippen LogP contribution in [-0.4, -0.2) is 19.5 Å². The summed E-state index contributed by atoms with van der Waals surface area (Å²) >= 11 is 6.27. The summed E-state index contributed by atoms with van der Waals surface area (Å²) in [7, 11) is 0. The topological polar surface area (TPSA) is 149 Å². The third-order valence-electron chi connectivity index (χ3n) is 4.76. The molecule has 0 radical (unpaired) electrons. The molecular formula is C21H16ClFN8O. The number of halogens is 2. The fourth-order valence-electron chi connectivity index (χ4n) is 3.32. The minimum atomic E-state index is -0.656. The molecule has 4 aromatic rings. The molecule has 0 unspecified atom stereocenters. The SMILES string of the molecule is C[C@H](Nc1nc(N)nc(N)c1C#N)c1nc2cccc(Cl)c2c(=O)n1-c1ccc(F)cc1. The number of fused-ring (bicyclic) bond motifs is 1. The van der Waals surface area contributed by atoms with Gasteiger partial charge < -0.3 is 16.8 Å². The number of hydrogen-bond donors (Lipinski definition) is 3. The predicted octanol–water partition coefficient (Wildman–Crippen LogP) is 3.18. The smallest absolute Gasteiger partial charge is 0.267 e. The highest BCUT2D eigenvalue weighted by atomic mass is 35.5. The Balaban J connectivity index is 1.94. The highest BCUT2D eigenvalue weighted by Gasteiger charge is 2.21. The molecule has 32 heavy (non-hydrogen) atoms. The van der Waals surface area contributed by atoms with Crippen LogP contribution in [0.3, 0.4) is 0 Å². The van der Waals surface area contributed by atoms with E-state index in [1.807, 2.05) is 6.07 Å². The van der Waals surface area contributed by atoms with Gasteiger partial charge in [-0.3, -0.25) is 9.36 Å². The molecule has 11 heteroatoms. The number of nitriles is 1. The molecule has 4 rings (SSSR count). The average Bonchev–Trinajstić information content (AvgIpc) is 2.74. The maximum Gasteiger partial charge on any atom is 0.267 e. The molecule has 0 fully saturated rings. The number of nitrogens with zero attached hydrogens (tertiary/aromatic N) is 5. The molecule has 0 aliphatic heterocycles. The van der Waals surface area contributed by atoms with Gasteiger partial charge in [0.25, 0.3) is 5.56 Å². The van der Waals surface area contributed by atoms with E-state index in [2.05, 4.69) is 20.3 Å². The highest BCUT2D eigenvalue weighted by molar-refractivity contribution is 6.35. The van der Waals surface area contributed by atoms with Crippen LogP contribution >= 0.6 is 11.6 Å². The van der Waals surface area contributed by atoms with Crippen molar-refractivity contribution in [2.24, 2.45) is 0 Å². The second-order valence-corrected chi connectivity index (χ2v) is 7.30. The molecule has 0 bridgehead atoms. The molecule has 5 N–H and O–H groups in total. The fourth-order valence-corrected chi connectivity index (χ4v) is 3.57. The Morgan fingerprint density at radius 2 is 1.88 bits per heavy atom. The number of nitrogens with two attached hydrogens (primary N) is 2. The molecule has 2 aromatic heterocycles. The Morgan fingerprint density at radius 1 is 1.16 bits per heavy atom. The Hall–Kier alpha value is -4.23. The van der Waals surface area contributed by atoms with Gasteiger partial charge in [-0.1, -0.05) is 17.7 Å². The number of rotatable bonds is 4. The van der Waals surface area contributed by atoms with Crippen LogP contribution in [0.4, 0.5) is 22.0 Å². The van der Waals surface area contributed by atoms with Gasteiger partial charge in [0.15, 0.2) is 5.82 Å². The first-order chi connectivity index (χ1) is 15.3. The molecule has 0 saturated carbocycles. The lowest BCUT2D eigenvalue weighted by Gasteiger charge is -2.21. The average molecular weight is 451 g/mol. The second-order valence-electron chi connectivity index (χ2n) is 6.89. The molecule has 1 atom stereocenters. The lowest BCUT2D eigenvalue weighted by Crippen LogP contribution is -2.28. The second kappa shape index (κ2) is 8.13. The minimum Gasteiger partial charge on any atom is -0.382 e. The van der Waals surface area contributed by atoms with Crippen LogP contribution in [-0.2, 0) is 0 Å². The molecule has 0 saturated heterocycles. The monoisotopic (exact) mass is 450 g/mol. The van der Waals surface area contributed by atoms with E-state index in [4.69, 9.17) is 23.1 Å². The Kier molecular flexibility index (Phi) is 5.34. The van der Waals surface area contributed by atoms with Crippen LogP contribution in [0.2, 0.25) is 5.02 Å². The Bertz CT molecular complexity index is 1450. The molecule has 0 aliphatic carbocycles. The van der Waals surface area contributed by atoms with E-state index in [9.17, 15) is 14.4 Å². The number of benzene rings is 2. The zero-order valence-corrected chi connectivity index (χ0v) is 17.4. The van der Waals surface area contributed by atoms with Crippen molar-refractivity contribution >= 4 is 40.1 Å². The summed E-state index contributed by atoms with van der Waals surface area (Å²) in [5.74, 6) is -0.284. The summed E-state index contributed by atoms with van der Waals surface area (Å²) < 4.78 is 14.8. The highest BCUT2D eigenvalue weighted by Crippen LogP contribution is 2.26. The zero-order chi connectivity index (χ0) is 23.0. The molecule has 9 nitrogen and oxygen atoms in total. The summed E-state index contributed by atoms with van der Waals surface area (Å²) in [5, 5.41) is 12.9. The summed E-state index contributed by atoms with van der Waals surface area (Å²) in [6.07, 6.45) is 0. The molecular weight excluding hydrogens is 435 g/mol. The first kappa shape index (κ1) is 21.0. The van der Waals surface area contributed by atoms with Gasteiger partial charge in [0, 0.05) is 0 Å². The van der Waals surface area contributed by atoms with E-state index in [1.54, 1.807) is 25.1 Å². The van der Waals surface area contributed by atoms with E-state index < -0.39 is 17.4 Å². The van der Waals surface area contributed by atoms with Crippen molar-refractivity contribution in [3.63, 3.8) is 0 Å². The van der Waals surface area contributed by atoms with Crippen molar-refractivity contribution in [2.75, 3.05) is 16.8 Å². The standard InChI is InChI=1S/C21H16ClFN8O/c1-10(27-18-13(9-24)17(25)29-21(26)30-18)19-28-15-4-2-3-14(22)16(15)20(32)31(19)12-7-5-11(23)6-8-12/h2-8,10H,1H3,(H5,25,26,27,29,30)/t10-/m0/s1. The number of aromatic nitrogens is 4. The fraction of sp³-hybridized carbons (Fsp3) is 0.0952. The Morgan fingerprint density at radius 3 is 2.56 bits per heavy atom. The van der Waals surface area contributed by atoms with Gasteiger partial charge in [0.05, 0.1) is 27.7 Å². The molecule has 160 valence electrons. The lowest BCUT2D eigenvalue weighted by molar-refractivity contribution is 0.626. The summed E-state index contributed by atoms with van der Waals surface area (Å²) in [5.41, 5.74) is 11.8. The molecule has 0 amide bonds. The van der Waals surface area contributed by atoms with E-state index >= 15 is 0 Å². The molecule has 2 heterocycles. The van der Waals surface area contributed by atoms with E-state index in [1.165, 1.54) is 28.8 Å². The Labute approximate surface area is 186 Å². The van der Waals surface area contributed by atoms with Gasteiger partial charge >= 0.3 is 0 Å². The maximum absolute atomic E-state index is 13.5. The first-order valence-electron chi connectivity index (χ1n) is 9.37. The van der Waals surface area contributed by atoms with Gasteiger partial charge in [-0.2, -0.15) is 15.2 Å². The van der Waals surface area contributed by atoms with Crippen molar-refractivity contribution in [1.82, 2.24) is 19.5 Å². The molecule has 0 aliphatic rings. The van der Waals surface area contributed by atoms with Crippen LogP contribution < -0.4 is 22.3 Å². The van der Waals surface area contributed by atoms with Gasteiger partial charge in [-0.05, 0) is 43.3 Å². The molecule has 0 spiro atoms. The van der Waals surface area contributed by atoms with Crippen LogP contribution in [0.1, 0.15) is 24.4 Å². The number of hydrogen-bond acceptors (Lipinski definition) is 8. The van der Waals surface area contributed by atoms with Crippen molar-refractivity contribution in [2.45, 2.75) is 13.0 Å².